The molecule has 0 radical (unpaired) electrons. The van der Waals surface area contributed by atoms with Gasteiger partial charge in [-0.15, -0.1) is 11.3 Å². The number of alkyl halides is 24. The number of hydrogen-bond acceptors (Lipinski definition) is 25. The SMILES string of the molecule is C.CCN(CC)c1nc(Nc2ccc3c(c2)C=CC3)nc(OC(C(F)(F)F)C(F)(F)F)n1.CCN(CC)c1nc(Nc2ccc3c(c2)CC=C3)nc(OC(C(F)(F)F)C(F)(F)F)n1.CCN(CC)c1nc(Nc2ccc3cc[nH]c3c2)nc(OC(C(F)(F)F)C(F)(F)F)n1.CCN(CC)c1nc(Nc2ccc3ccsc3c2)nc(OC(C(F)(F)F)C(F)(F)F)n1. The molecule has 25 nitrogen and oxygen atoms in total. The highest BCUT2D eigenvalue weighted by Gasteiger charge is 2.63. The molecule has 6 heterocycles. The maximum Gasteiger partial charge on any atom is 0.434 e. The summed E-state index contributed by atoms with van der Waals surface area (Å²) in [5, 5.41) is 15.0. The molecule has 0 bridgehead atoms. The largest absolute Gasteiger partial charge is 0.440 e. The standard InChI is InChI=1S/2C19H19F6N5O.C18H18F6N6O.C18H17F6N5OS.CH4/c2*1-3-30(4-2)16-27-15(26-13-9-8-11-6-5-7-12(11)10-13)28-17(29-16)31-14(18(20,21)22)19(23,24)25;1-3-30(4-2)15-27-14(26-11-6-5-10-7-8-25-12(10)9-11)28-16(29-15)31-13(17(19,20)21)18(22,23)24;1-3-29(4-2)15-26-14(25-11-6-5-10-7-8-31-12(10)9-11)27-16(28-15)30-13(17(19,20)21)18(22,23)24;/h5,7-10,14H,3-4,6H2,1-2H3,(H,26,27,28,29);5-6,8-10,14H,3-4,7H2,1-2H3,(H,26,27,28,29);5-9,13,25H,3-4H2,1-2H3,(H,26,27,28,29);5-9,13H,3-4H2,1-2H3,(H,25,26,27,28);1H4. The van der Waals surface area contributed by atoms with Crippen LogP contribution in [0.2, 0.25) is 0 Å². The fourth-order valence-electron chi connectivity index (χ4n) is 11.4. The number of aromatic amines is 1. The van der Waals surface area contributed by atoms with Gasteiger partial charge < -0.3 is 64.8 Å². The zero-order valence-electron chi connectivity index (χ0n) is 65.7. The summed E-state index contributed by atoms with van der Waals surface area (Å²) in [7, 11) is 0. The van der Waals surface area contributed by atoms with E-state index >= 15 is 0 Å². The average molecular weight is 1820 g/mol. The van der Waals surface area contributed by atoms with Gasteiger partial charge in [0.15, 0.2) is 0 Å². The predicted molar refractivity (Wildman–Crippen MR) is 418 cm³/mol. The summed E-state index contributed by atoms with van der Waals surface area (Å²) >= 11 is 1.47. The summed E-state index contributed by atoms with van der Waals surface area (Å²) in [5.41, 5.74) is 6.81. The van der Waals surface area contributed by atoms with Crippen molar-refractivity contribution in [3.8, 4) is 24.0 Å². The van der Waals surface area contributed by atoms with Crippen LogP contribution in [-0.4, -0.2) is 191 Å². The van der Waals surface area contributed by atoms with Gasteiger partial charge in [0.05, 0.1) is 0 Å². The Labute approximate surface area is 699 Å². The van der Waals surface area contributed by atoms with E-state index < -0.39 is 97.9 Å². The molecule has 4 aromatic carbocycles. The molecule has 50 heteroatoms. The molecule has 5 N–H and O–H groups in total. The van der Waals surface area contributed by atoms with Gasteiger partial charge in [-0.1, -0.05) is 56.0 Å². The fraction of sp³-hybridized carbons (Fsp3) is 0.413. The number of anilines is 12. The number of nitrogens with one attached hydrogen (secondary N) is 5. The number of thiophene rings is 1. The molecule has 6 aromatic heterocycles. The second kappa shape index (κ2) is 40.6. The van der Waals surface area contributed by atoms with E-state index in [-0.39, 0.29) is 55.0 Å². The number of benzene rings is 4. The third kappa shape index (κ3) is 26.9. The van der Waals surface area contributed by atoms with E-state index in [2.05, 4.69) is 105 Å². The van der Waals surface area contributed by atoms with Gasteiger partial charge in [0, 0.05) is 91.5 Å². The number of aromatic nitrogens is 13. The van der Waals surface area contributed by atoms with Crippen LogP contribution in [0.1, 0.15) is 85.1 Å². The Bertz CT molecular complexity index is 5040. The van der Waals surface area contributed by atoms with Crippen molar-refractivity contribution in [3.05, 3.63) is 131 Å². The Morgan fingerprint density at radius 3 is 0.992 bits per heavy atom. The van der Waals surface area contributed by atoms with Crippen LogP contribution in [0.4, 0.5) is 176 Å². The van der Waals surface area contributed by atoms with Crippen molar-refractivity contribution in [2.24, 2.45) is 0 Å². The van der Waals surface area contributed by atoms with Crippen LogP contribution < -0.4 is 59.8 Å². The topological polar surface area (TPSA) is 268 Å². The molecule has 125 heavy (non-hydrogen) atoms. The molecule has 0 spiro atoms. The second-order valence-electron chi connectivity index (χ2n) is 26.0. The molecule has 680 valence electrons. The molecule has 0 aliphatic heterocycles. The van der Waals surface area contributed by atoms with Crippen molar-refractivity contribution in [3.63, 3.8) is 0 Å². The van der Waals surface area contributed by atoms with Gasteiger partial charge in [0.2, 0.25) is 47.6 Å². The number of allylic oxidation sites excluding steroid dienone is 2. The van der Waals surface area contributed by atoms with Crippen molar-refractivity contribution < 1.29 is 124 Å². The molecular weight excluding hydrogens is 1750 g/mol. The normalized spacial score (nSPS) is 12.8. The molecule has 0 saturated carbocycles. The highest BCUT2D eigenvalue weighted by atomic mass is 32.1. The van der Waals surface area contributed by atoms with Gasteiger partial charge in [-0.3, -0.25) is 0 Å². The molecule has 2 aliphatic rings. The number of hydrogen-bond donors (Lipinski definition) is 5. The molecule has 10 aromatic rings. The summed E-state index contributed by atoms with van der Waals surface area (Å²) in [6.07, 6.45) is -50.9. The first kappa shape index (κ1) is 98.3. The Hall–Kier alpha value is -12.2. The third-order valence-electron chi connectivity index (χ3n) is 17.5. The summed E-state index contributed by atoms with van der Waals surface area (Å²) in [6.45, 7) is 16.8. The molecular formula is C75H77F24N21O4S. The zero-order valence-corrected chi connectivity index (χ0v) is 66.5. The highest BCUT2D eigenvalue weighted by Crippen LogP contribution is 2.42. The smallest absolute Gasteiger partial charge is 0.434 e. The van der Waals surface area contributed by atoms with E-state index in [0.717, 1.165) is 49.7 Å². The van der Waals surface area contributed by atoms with Crippen LogP contribution >= 0.6 is 11.3 Å². The number of ether oxygens (including phenoxy) is 4. The Morgan fingerprint density at radius 2 is 0.640 bits per heavy atom. The monoisotopic (exact) mass is 1820 g/mol. The minimum Gasteiger partial charge on any atom is -0.440 e. The lowest BCUT2D eigenvalue weighted by Crippen LogP contribution is -2.47. The number of rotatable bonds is 28. The zero-order chi connectivity index (χ0) is 91.2. The molecule has 2 aliphatic carbocycles. The summed E-state index contributed by atoms with van der Waals surface area (Å²) < 4.78 is 328. The minimum absolute atomic E-state index is 0. The van der Waals surface area contributed by atoms with E-state index in [4.69, 9.17) is 0 Å². The second-order valence-corrected chi connectivity index (χ2v) is 26.9. The van der Waals surface area contributed by atoms with E-state index in [9.17, 15) is 105 Å². The van der Waals surface area contributed by atoms with E-state index in [0.29, 0.717) is 81.5 Å². The van der Waals surface area contributed by atoms with Gasteiger partial charge in [-0.2, -0.15) is 165 Å². The van der Waals surface area contributed by atoms with Crippen molar-refractivity contribution in [1.29, 1.82) is 0 Å². The summed E-state index contributed by atoms with van der Waals surface area (Å²) in [6, 6.07) is 20.4. The van der Waals surface area contributed by atoms with Crippen molar-refractivity contribution >= 4 is 115 Å². The Kier molecular flexibility index (Phi) is 31.9. The lowest BCUT2D eigenvalue weighted by Gasteiger charge is -2.24. The first-order chi connectivity index (χ1) is 58.0. The van der Waals surface area contributed by atoms with Crippen LogP contribution in [-0.2, 0) is 12.8 Å². The van der Waals surface area contributed by atoms with E-state index in [1.807, 2.05) is 53.9 Å². The van der Waals surface area contributed by atoms with Crippen LogP contribution in [0.5, 0.6) is 24.0 Å². The number of fused-ring (bicyclic) bond motifs is 4. The molecule has 0 fully saturated rings. The van der Waals surface area contributed by atoms with Gasteiger partial charge >= 0.3 is 73.5 Å². The van der Waals surface area contributed by atoms with Crippen LogP contribution in [0.3, 0.4) is 0 Å². The van der Waals surface area contributed by atoms with E-state index in [1.165, 1.54) is 16.2 Å². The Balaban J connectivity index is 0.000000206. The maximum absolute atomic E-state index is 12.9. The predicted octanol–water partition coefficient (Wildman–Crippen LogP) is 20.8. The molecule has 0 amide bonds. The number of halogens is 24. The lowest BCUT2D eigenvalue weighted by atomic mass is 10.1. The Morgan fingerprint density at radius 1 is 0.336 bits per heavy atom. The minimum atomic E-state index is -5.70. The quantitative estimate of drug-likeness (QED) is 0.0285. The summed E-state index contributed by atoms with van der Waals surface area (Å²) in [5.74, 6) is -1.44. The van der Waals surface area contributed by atoms with Gasteiger partial charge in [-0.25, -0.2) is 0 Å². The van der Waals surface area contributed by atoms with Crippen LogP contribution in [0, 0.1) is 0 Å². The third-order valence-corrected chi connectivity index (χ3v) is 18.3. The lowest BCUT2D eigenvalue weighted by molar-refractivity contribution is -0.302. The first-order valence-corrected chi connectivity index (χ1v) is 37.9. The molecule has 0 atom stereocenters. The fourth-order valence-corrected chi connectivity index (χ4v) is 12.3. The van der Waals surface area contributed by atoms with Crippen molar-refractivity contribution in [2.75, 3.05) is 93.2 Å². The average Bonchev–Trinajstić information content (AvgIpc) is 1.17. The van der Waals surface area contributed by atoms with Gasteiger partial charge in [0.25, 0.3) is 24.4 Å². The molecule has 0 saturated heterocycles. The van der Waals surface area contributed by atoms with Crippen LogP contribution in [0.15, 0.2) is 109 Å². The number of H-pyrrole nitrogens is 1. The van der Waals surface area contributed by atoms with Crippen molar-refractivity contribution in [2.45, 2.75) is 149 Å². The van der Waals surface area contributed by atoms with E-state index in [1.54, 1.807) is 137 Å². The summed E-state index contributed by atoms with van der Waals surface area (Å²) in [4.78, 5) is 54.9. The number of nitrogens with zero attached hydrogens (tertiary/aromatic N) is 16. The van der Waals surface area contributed by atoms with Gasteiger partial charge in [0.1, 0.15) is 0 Å². The first-order valence-electron chi connectivity index (χ1n) is 37.0. The van der Waals surface area contributed by atoms with Crippen LogP contribution in [0.25, 0.3) is 33.1 Å². The van der Waals surface area contributed by atoms with Crippen molar-refractivity contribution in [1.82, 2.24) is 64.8 Å². The highest BCUT2D eigenvalue weighted by molar-refractivity contribution is 7.17. The van der Waals surface area contributed by atoms with Gasteiger partial charge in [-0.05, 0) is 167 Å². The molecule has 0 unspecified atom stereocenters. The maximum atomic E-state index is 12.9. The molecule has 12 rings (SSSR count).